The van der Waals surface area contributed by atoms with Crippen molar-refractivity contribution in [1.29, 1.82) is 5.26 Å². The third-order valence-electron chi connectivity index (χ3n) is 3.44. The topological polar surface area (TPSA) is 23.8 Å². The number of benzene rings is 1. The summed E-state index contributed by atoms with van der Waals surface area (Å²) >= 11 is 1.91. The van der Waals surface area contributed by atoms with E-state index in [-0.39, 0.29) is 0 Å². The van der Waals surface area contributed by atoms with Gasteiger partial charge in [-0.25, -0.2) is 0 Å². The van der Waals surface area contributed by atoms with E-state index in [4.69, 9.17) is 5.26 Å². The van der Waals surface area contributed by atoms with Crippen molar-refractivity contribution >= 4 is 11.8 Å². The standard InChI is InChI=1S/C15H19NS/c1-11-4-3-5-14(8-11)17-15-9-12(2)6-7-13(15)10-16/h6-7,9,11,14H,3-5,8H2,1-2H3. The molecule has 0 aliphatic heterocycles. The maximum Gasteiger partial charge on any atom is 0.100 e. The van der Waals surface area contributed by atoms with Crippen molar-refractivity contribution in [3.8, 4) is 6.07 Å². The molecule has 17 heavy (non-hydrogen) atoms. The minimum Gasteiger partial charge on any atom is -0.192 e. The second-order valence-corrected chi connectivity index (χ2v) is 6.47. The van der Waals surface area contributed by atoms with Crippen molar-refractivity contribution < 1.29 is 0 Å². The smallest absolute Gasteiger partial charge is 0.100 e. The molecule has 90 valence electrons. The summed E-state index contributed by atoms with van der Waals surface area (Å²) in [6, 6.07) is 8.43. The molecule has 0 heterocycles. The zero-order chi connectivity index (χ0) is 12.3. The molecule has 1 fully saturated rings. The molecule has 1 nitrogen and oxygen atoms in total. The van der Waals surface area contributed by atoms with Crippen LogP contribution in [0, 0.1) is 24.2 Å². The van der Waals surface area contributed by atoms with E-state index in [2.05, 4.69) is 26.0 Å². The lowest BCUT2D eigenvalue weighted by Crippen LogP contribution is -2.15. The minimum atomic E-state index is 0.702. The maximum atomic E-state index is 9.13. The normalized spacial score (nSPS) is 24.3. The Morgan fingerprint density at radius 1 is 1.35 bits per heavy atom. The van der Waals surface area contributed by atoms with Crippen molar-refractivity contribution in [1.82, 2.24) is 0 Å². The fourth-order valence-corrected chi connectivity index (χ4v) is 4.05. The summed E-state index contributed by atoms with van der Waals surface area (Å²) in [5.41, 5.74) is 2.08. The summed E-state index contributed by atoms with van der Waals surface area (Å²) in [5.74, 6) is 0.844. The SMILES string of the molecule is Cc1ccc(C#N)c(SC2CCCC(C)C2)c1. The Morgan fingerprint density at radius 2 is 2.18 bits per heavy atom. The van der Waals surface area contributed by atoms with Crippen molar-refractivity contribution in [2.75, 3.05) is 0 Å². The molecule has 2 atom stereocenters. The quantitative estimate of drug-likeness (QED) is 0.764. The van der Waals surface area contributed by atoms with Gasteiger partial charge in [-0.1, -0.05) is 25.8 Å². The van der Waals surface area contributed by atoms with Crippen LogP contribution in [0.2, 0.25) is 0 Å². The highest BCUT2D eigenvalue weighted by Crippen LogP contribution is 2.37. The average Bonchev–Trinajstić information content (AvgIpc) is 2.29. The van der Waals surface area contributed by atoms with Crippen molar-refractivity contribution in [3.05, 3.63) is 29.3 Å². The lowest BCUT2D eigenvalue weighted by atomic mass is 9.91. The lowest BCUT2D eigenvalue weighted by Gasteiger charge is -2.26. The van der Waals surface area contributed by atoms with Crippen LogP contribution in [0.3, 0.4) is 0 Å². The summed E-state index contributed by atoms with van der Waals surface area (Å²) in [6.07, 6.45) is 5.31. The molecule has 0 bridgehead atoms. The van der Waals surface area contributed by atoms with Crippen LogP contribution in [0.5, 0.6) is 0 Å². The maximum absolute atomic E-state index is 9.13. The van der Waals surface area contributed by atoms with Gasteiger partial charge in [0.2, 0.25) is 0 Å². The molecule has 1 aromatic carbocycles. The zero-order valence-corrected chi connectivity index (χ0v) is 11.4. The highest BCUT2D eigenvalue weighted by atomic mass is 32.2. The van der Waals surface area contributed by atoms with Gasteiger partial charge in [-0.15, -0.1) is 11.8 Å². The van der Waals surface area contributed by atoms with E-state index >= 15 is 0 Å². The van der Waals surface area contributed by atoms with Crippen LogP contribution < -0.4 is 0 Å². The minimum absolute atomic E-state index is 0.702. The third kappa shape index (κ3) is 3.26. The molecule has 0 amide bonds. The molecule has 1 aromatic rings. The first-order chi connectivity index (χ1) is 8.19. The summed E-state index contributed by atoms with van der Waals surface area (Å²) < 4.78 is 0. The van der Waals surface area contributed by atoms with Gasteiger partial charge in [0.05, 0.1) is 5.56 Å². The van der Waals surface area contributed by atoms with Gasteiger partial charge in [0.15, 0.2) is 0 Å². The molecule has 2 heteroatoms. The van der Waals surface area contributed by atoms with Gasteiger partial charge >= 0.3 is 0 Å². The molecule has 1 saturated carbocycles. The van der Waals surface area contributed by atoms with Crippen LogP contribution in [-0.2, 0) is 0 Å². The monoisotopic (exact) mass is 245 g/mol. The van der Waals surface area contributed by atoms with Gasteiger partial charge in [0.25, 0.3) is 0 Å². The van der Waals surface area contributed by atoms with E-state index in [1.165, 1.54) is 36.1 Å². The first kappa shape index (κ1) is 12.5. The fourth-order valence-electron chi connectivity index (χ4n) is 2.48. The van der Waals surface area contributed by atoms with Crippen LogP contribution in [-0.4, -0.2) is 5.25 Å². The van der Waals surface area contributed by atoms with Crippen LogP contribution in [0.1, 0.15) is 43.7 Å². The summed E-state index contributed by atoms with van der Waals surface area (Å²) in [4.78, 5) is 1.17. The van der Waals surface area contributed by atoms with Crippen molar-refractivity contribution in [3.63, 3.8) is 0 Å². The fraction of sp³-hybridized carbons (Fsp3) is 0.533. The summed E-state index contributed by atoms with van der Waals surface area (Å²) in [7, 11) is 0. The van der Waals surface area contributed by atoms with E-state index in [1.807, 2.05) is 23.9 Å². The Balaban J connectivity index is 2.12. The Morgan fingerprint density at radius 3 is 2.88 bits per heavy atom. The summed E-state index contributed by atoms with van der Waals surface area (Å²) in [5, 5.41) is 9.83. The number of hydrogen-bond donors (Lipinski definition) is 0. The van der Waals surface area contributed by atoms with Gasteiger partial charge in [-0.3, -0.25) is 0 Å². The lowest BCUT2D eigenvalue weighted by molar-refractivity contribution is 0.394. The number of thioether (sulfide) groups is 1. The zero-order valence-electron chi connectivity index (χ0n) is 10.6. The van der Waals surface area contributed by atoms with E-state index in [9.17, 15) is 0 Å². The first-order valence-corrected chi connectivity index (χ1v) is 7.24. The van der Waals surface area contributed by atoms with Gasteiger partial charge in [-0.2, -0.15) is 5.26 Å². The largest absolute Gasteiger partial charge is 0.192 e. The predicted octanol–water partition coefficient (Wildman–Crippen LogP) is 4.54. The second-order valence-electron chi connectivity index (χ2n) is 5.12. The Labute approximate surface area is 108 Å². The van der Waals surface area contributed by atoms with E-state index in [0.29, 0.717) is 5.25 Å². The summed E-state index contributed by atoms with van der Waals surface area (Å²) in [6.45, 7) is 4.43. The Hall–Kier alpha value is -0.940. The van der Waals surface area contributed by atoms with E-state index in [1.54, 1.807) is 0 Å². The molecule has 0 saturated heterocycles. The molecule has 1 aliphatic rings. The van der Waals surface area contributed by atoms with Gasteiger partial charge in [0.1, 0.15) is 6.07 Å². The Kier molecular flexibility index (Phi) is 4.12. The molecule has 0 radical (unpaired) electrons. The van der Waals surface area contributed by atoms with Crippen LogP contribution in [0.4, 0.5) is 0 Å². The number of hydrogen-bond acceptors (Lipinski definition) is 2. The Bertz CT molecular complexity index is 433. The van der Waals surface area contributed by atoms with Crippen LogP contribution >= 0.6 is 11.8 Å². The van der Waals surface area contributed by atoms with Crippen molar-refractivity contribution in [2.24, 2.45) is 5.92 Å². The molecule has 2 unspecified atom stereocenters. The van der Waals surface area contributed by atoms with Crippen LogP contribution in [0.25, 0.3) is 0 Å². The second kappa shape index (κ2) is 5.60. The number of aryl methyl sites for hydroxylation is 1. The van der Waals surface area contributed by atoms with E-state index in [0.717, 1.165) is 11.5 Å². The number of rotatable bonds is 2. The molecule has 0 aromatic heterocycles. The molecule has 2 rings (SSSR count). The predicted molar refractivity (Wildman–Crippen MR) is 73.2 cm³/mol. The van der Waals surface area contributed by atoms with E-state index < -0.39 is 0 Å². The highest BCUT2D eigenvalue weighted by molar-refractivity contribution is 8.00. The average molecular weight is 245 g/mol. The van der Waals surface area contributed by atoms with Gasteiger partial charge in [-0.05, 0) is 43.4 Å². The van der Waals surface area contributed by atoms with Gasteiger partial charge < -0.3 is 0 Å². The third-order valence-corrected chi connectivity index (χ3v) is 4.79. The molecule has 0 spiro atoms. The van der Waals surface area contributed by atoms with Crippen LogP contribution in [0.15, 0.2) is 23.1 Å². The number of nitrogens with zero attached hydrogens (tertiary/aromatic N) is 1. The molecule has 1 aliphatic carbocycles. The molecular weight excluding hydrogens is 226 g/mol. The number of nitriles is 1. The highest BCUT2D eigenvalue weighted by Gasteiger charge is 2.20. The van der Waals surface area contributed by atoms with Crippen molar-refractivity contribution in [2.45, 2.75) is 49.7 Å². The first-order valence-electron chi connectivity index (χ1n) is 6.36. The van der Waals surface area contributed by atoms with Gasteiger partial charge in [0, 0.05) is 10.1 Å². The molecule has 0 N–H and O–H groups in total. The molecular formula is C15H19NS.